The summed E-state index contributed by atoms with van der Waals surface area (Å²) < 4.78 is 200. The van der Waals surface area contributed by atoms with Gasteiger partial charge in [0, 0.05) is 39.1 Å². The van der Waals surface area contributed by atoms with Gasteiger partial charge < -0.3 is 13.3 Å². The monoisotopic (exact) mass is 594 g/mol. The van der Waals surface area contributed by atoms with Crippen molar-refractivity contribution in [3.8, 4) is 0 Å². The molecular weight excluding hydrogens is 577 g/mol. The van der Waals surface area contributed by atoms with Crippen LogP contribution in [-0.4, -0.2) is 64.2 Å². The van der Waals surface area contributed by atoms with Gasteiger partial charge in [-0.05, 0) is 19.3 Å². The lowest BCUT2D eigenvalue weighted by Gasteiger charge is -2.25. The molecule has 212 valence electrons. The fourth-order valence-corrected chi connectivity index (χ4v) is 4.12. The molecule has 20 heteroatoms. The number of halogens is 16. The van der Waals surface area contributed by atoms with Crippen molar-refractivity contribution >= 4 is 19.2 Å². The summed E-state index contributed by atoms with van der Waals surface area (Å²) in [6, 6.07) is 0. The summed E-state index contributed by atoms with van der Waals surface area (Å²) in [6.45, 7) is -3.17. The highest BCUT2D eigenvalue weighted by Gasteiger charge is 2.58. The molecule has 0 saturated carbocycles. The standard InChI is InChI=1S/C15H18ClF15O3Si/c16-35(32-7-1-4-10(17,18)13(23,24)25,33-8-2-5-11(19,20)14(26,27)28)34-9-3-6-12(21,22)15(29,30)31/h1-9H2. The van der Waals surface area contributed by atoms with Crippen molar-refractivity contribution in [2.75, 3.05) is 19.8 Å². The predicted molar refractivity (Wildman–Crippen MR) is 90.2 cm³/mol. The Labute approximate surface area is 193 Å². The summed E-state index contributed by atoms with van der Waals surface area (Å²) in [5.74, 6) is -15.5. The molecule has 0 aromatic rings. The minimum Gasteiger partial charge on any atom is -0.362 e. The lowest BCUT2D eigenvalue weighted by molar-refractivity contribution is -0.285. The molecule has 0 N–H and O–H groups in total. The minimum absolute atomic E-state index is 1.06. The Hall–Kier alpha value is -0.663. The zero-order chi connectivity index (χ0) is 28.0. The topological polar surface area (TPSA) is 27.7 Å². The molecule has 0 aromatic carbocycles. The van der Waals surface area contributed by atoms with Crippen molar-refractivity contribution in [3.63, 3.8) is 0 Å². The normalized spacial score (nSPS) is 15.1. The molecule has 0 fully saturated rings. The Morgan fingerprint density at radius 3 is 0.800 bits per heavy atom. The molecule has 0 spiro atoms. The van der Waals surface area contributed by atoms with E-state index in [-0.39, 0.29) is 0 Å². The van der Waals surface area contributed by atoms with E-state index in [9.17, 15) is 65.9 Å². The zero-order valence-electron chi connectivity index (χ0n) is 17.1. The molecule has 0 amide bonds. The third-order valence-corrected chi connectivity index (χ3v) is 6.60. The Morgan fingerprint density at radius 1 is 0.429 bits per heavy atom. The van der Waals surface area contributed by atoms with Crippen LogP contribution < -0.4 is 0 Å². The SMILES string of the molecule is FC(F)(F)C(F)(F)CCCO[Si](Cl)(OCCCC(F)(F)C(F)(F)F)OCCCC(F)(F)C(F)(F)F. The molecule has 0 unspecified atom stereocenters. The number of rotatable bonds is 15. The summed E-state index contributed by atoms with van der Waals surface area (Å²) >= 11 is 5.70. The van der Waals surface area contributed by atoms with Crippen LogP contribution in [0.4, 0.5) is 65.9 Å². The van der Waals surface area contributed by atoms with Gasteiger partial charge in [-0.25, -0.2) is 0 Å². The van der Waals surface area contributed by atoms with Crippen LogP contribution in [0.3, 0.4) is 0 Å². The first-order chi connectivity index (χ1) is 15.4. The van der Waals surface area contributed by atoms with Crippen LogP contribution in [0.2, 0.25) is 0 Å². The van der Waals surface area contributed by atoms with Gasteiger partial charge in [0.1, 0.15) is 0 Å². The zero-order valence-corrected chi connectivity index (χ0v) is 18.9. The maximum atomic E-state index is 12.9. The predicted octanol–water partition coefficient (Wildman–Crippen LogP) is 7.64. The minimum atomic E-state index is -5.91. The number of alkyl halides is 15. The summed E-state index contributed by atoms with van der Waals surface area (Å²) in [5.41, 5.74) is 0. The van der Waals surface area contributed by atoms with Gasteiger partial charge in [-0.2, -0.15) is 65.9 Å². The van der Waals surface area contributed by atoms with Crippen molar-refractivity contribution in [2.24, 2.45) is 0 Å². The lowest BCUT2D eigenvalue weighted by atomic mass is 10.2. The molecule has 0 aliphatic carbocycles. The van der Waals surface area contributed by atoms with Gasteiger partial charge in [0.15, 0.2) is 0 Å². The smallest absolute Gasteiger partial charge is 0.362 e. The molecule has 0 heterocycles. The van der Waals surface area contributed by atoms with E-state index < -0.39 is 103 Å². The molecular formula is C15H18ClF15O3Si. The Bertz CT molecular complexity index is 553. The van der Waals surface area contributed by atoms with E-state index in [1.165, 1.54) is 0 Å². The van der Waals surface area contributed by atoms with E-state index in [4.69, 9.17) is 11.1 Å². The highest BCUT2D eigenvalue weighted by atomic mass is 35.6. The van der Waals surface area contributed by atoms with Gasteiger partial charge in [0.05, 0.1) is 0 Å². The first kappa shape index (κ1) is 34.3. The van der Waals surface area contributed by atoms with E-state index in [2.05, 4.69) is 13.3 Å². The Kier molecular flexibility index (Phi) is 12.0. The lowest BCUT2D eigenvalue weighted by Crippen LogP contribution is -2.43. The van der Waals surface area contributed by atoms with E-state index in [1.54, 1.807) is 0 Å². The van der Waals surface area contributed by atoms with E-state index in [0.717, 1.165) is 0 Å². The molecule has 3 nitrogen and oxygen atoms in total. The molecule has 35 heavy (non-hydrogen) atoms. The van der Waals surface area contributed by atoms with E-state index in [0.29, 0.717) is 0 Å². The van der Waals surface area contributed by atoms with Crippen LogP contribution in [0.1, 0.15) is 38.5 Å². The van der Waals surface area contributed by atoms with Gasteiger partial charge in [0.2, 0.25) is 0 Å². The maximum absolute atomic E-state index is 12.9. The number of hydrogen-bond donors (Lipinski definition) is 0. The second kappa shape index (κ2) is 12.3. The van der Waals surface area contributed by atoms with Crippen LogP contribution in [0.5, 0.6) is 0 Å². The highest BCUT2D eigenvalue weighted by Crippen LogP contribution is 2.41. The molecule has 0 rings (SSSR count). The first-order valence-electron chi connectivity index (χ1n) is 9.31. The van der Waals surface area contributed by atoms with Crippen LogP contribution in [0.15, 0.2) is 0 Å². The molecule has 0 aliphatic rings. The van der Waals surface area contributed by atoms with Gasteiger partial charge in [-0.3, -0.25) is 0 Å². The van der Waals surface area contributed by atoms with Crippen LogP contribution >= 0.6 is 11.1 Å². The van der Waals surface area contributed by atoms with Gasteiger partial charge in [-0.15, -0.1) is 0 Å². The molecule has 0 saturated heterocycles. The Morgan fingerprint density at radius 2 is 0.629 bits per heavy atom. The molecule has 0 aromatic heterocycles. The van der Waals surface area contributed by atoms with Crippen molar-refractivity contribution in [1.29, 1.82) is 0 Å². The second-order valence-electron chi connectivity index (χ2n) is 6.94. The summed E-state index contributed by atoms with van der Waals surface area (Å²) in [4.78, 5) is 0. The molecule has 0 radical (unpaired) electrons. The fourth-order valence-electron chi connectivity index (χ4n) is 2.02. The molecule has 0 atom stereocenters. The van der Waals surface area contributed by atoms with Crippen molar-refractivity contribution in [2.45, 2.75) is 74.8 Å². The quantitative estimate of drug-likeness (QED) is 0.0844. The third-order valence-electron chi connectivity index (χ3n) is 3.97. The summed E-state index contributed by atoms with van der Waals surface area (Å²) in [7, 11) is -4.78. The van der Waals surface area contributed by atoms with Crippen LogP contribution in [0.25, 0.3) is 0 Å². The molecule has 0 bridgehead atoms. The van der Waals surface area contributed by atoms with Crippen LogP contribution in [-0.2, 0) is 13.3 Å². The van der Waals surface area contributed by atoms with Crippen molar-refractivity contribution in [3.05, 3.63) is 0 Å². The van der Waals surface area contributed by atoms with E-state index in [1.807, 2.05) is 0 Å². The van der Waals surface area contributed by atoms with E-state index >= 15 is 0 Å². The molecule has 0 aliphatic heterocycles. The third kappa shape index (κ3) is 11.5. The fraction of sp³-hybridized carbons (Fsp3) is 1.00. The van der Waals surface area contributed by atoms with Crippen molar-refractivity contribution < 1.29 is 79.1 Å². The summed E-state index contributed by atoms with van der Waals surface area (Å²) in [5, 5.41) is 0. The number of hydrogen-bond acceptors (Lipinski definition) is 3. The van der Waals surface area contributed by atoms with Gasteiger partial charge in [0.25, 0.3) is 0 Å². The Balaban J connectivity index is 4.97. The van der Waals surface area contributed by atoms with Crippen molar-refractivity contribution in [1.82, 2.24) is 0 Å². The van der Waals surface area contributed by atoms with Gasteiger partial charge >= 0.3 is 44.4 Å². The summed E-state index contributed by atoms with van der Waals surface area (Å²) in [6.07, 6.45) is -26.4. The van der Waals surface area contributed by atoms with Crippen LogP contribution in [0, 0.1) is 0 Å². The average Bonchev–Trinajstić information content (AvgIpc) is 2.63. The highest BCUT2D eigenvalue weighted by molar-refractivity contribution is 7.09. The van der Waals surface area contributed by atoms with Gasteiger partial charge in [-0.1, -0.05) is 11.1 Å². The second-order valence-corrected chi connectivity index (χ2v) is 10.2. The first-order valence-corrected chi connectivity index (χ1v) is 12.0. The maximum Gasteiger partial charge on any atom is 0.613 e. The average molecular weight is 595 g/mol. The largest absolute Gasteiger partial charge is 0.613 e.